The summed E-state index contributed by atoms with van der Waals surface area (Å²) in [6, 6.07) is 0. The van der Waals surface area contributed by atoms with E-state index in [1.165, 1.54) is 12.2 Å². The van der Waals surface area contributed by atoms with E-state index in [2.05, 4.69) is 0 Å². The first kappa shape index (κ1) is 18.8. The van der Waals surface area contributed by atoms with E-state index >= 15 is 0 Å². The zero-order valence-electron chi connectivity index (χ0n) is 13.3. The molecule has 22 heavy (non-hydrogen) atoms. The molecule has 0 aromatic carbocycles. The lowest BCUT2D eigenvalue weighted by Gasteiger charge is -2.13. The number of imide groups is 1. The first-order chi connectivity index (χ1) is 10.6. The number of nitrogens with zero attached hydrogens (tertiary/aromatic N) is 1. The molecule has 126 valence electrons. The second-order valence-electron chi connectivity index (χ2n) is 4.92. The minimum Gasteiger partial charge on any atom is -0.377 e. The second-order valence-corrected chi connectivity index (χ2v) is 4.92. The van der Waals surface area contributed by atoms with Crippen molar-refractivity contribution in [2.45, 2.75) is 20.0 Å². The molecule has 0 saturated heterocycles. The van der Waals surface area contributed by atoms with E-state index in [-0.39, 0.29) is 24.5 Å². The molecule has 0 radical (unpaired) electrons. The normalized spacial score (nSPS) is 14.6. The molecule has 1 aliphatic rings. The van der Waals surface area contributed by atoms with Crippen molar-refractivity contribution in [3.8, 4) is 0 Å². The second kappa shape index (κ2) is 11.3. The summed E-state index contributed by atoms with van der Waals surface area (Å²) in [6.45, 7) is 7.57. The molecule has 1 heterocycles. The van der Waals surface area contributed by atoms with Gasteiger partial charge in [-0.25, -0.2) is 0 Å². The van der Waals surface area contributed by atoms with Crippen molar-refractivity contribution < 1.29 is 28.5 Å². The molecule has 7 nitrogen and oxygen atoms in total. The summed E-state index contributed by atoms with van der Waals surface area (Å²) in [5.41, 5.74) is 0. The Hall–Kier alpha value is -1.28. The van der Waals surface area contributed by atoms with Crippen LogP contribution in [-0.4, -0.2) is 75.6 Å². The summed E-state index contributed by atoms with van der Waals surface area (Å²) in [7, 11) is 0. The summed E-state index contributed by atoms with van der Waals surface area (Å²) < 4.78 is 21.3. The van der Waals surface area contributed by atoms with Crippen molar-refractivity contribution in [3.63, 3.8) is 0 Å². The number of ether oxygens (including phenoxy) is 4. The first-order valence-corrected chi connectivity index (χ1v) is 7.49. The van der Waals surface area contributed by atoms with Crippen LogP contribution in [0.5, 0.6) is 0 Å². The lowest BCUT2D eigenvalue weighted by Crippen LogP contribution is -2.33. The Balaban J connectivity index is 1.80. The molecule has 0 bridgehead atoms. The largest absolute Gasteiger partial charge is 0.377 e. The zero-order valence-corrected chi connectivity index (χ0v) is 13.3. The third kappa shape index (κ3) is 8.23. The maximum absolute atomic E-state index is 11.3. The predicted octanol–water partition coefficient (Wildman–Crippen LogP) is 0.386. The highest BCUT2D eigenvalue weighted by Crippen LogP contribution is 2.02. The third-order valence-corrected chi connectivity index (χ3v) is 2.78. The van der Waals surface area contributed by atoms with Gasteiger partial charge in [0.1, 0.15) is 0 Å². The lowest BCUT2D eigenvalue weighted by molar-refractivity contribution is -0.137. The van der Waals surface area contributed by atoms with Gasteiger partial charge in [0.05, 0.1) is 58.9 Å². The molecule has 0 aliphatic carbocycles. The molecule has 0 N–H and O–H groups in total. The van der Waals surface area contributed by atoms with E-state index in [0.717, 1.165) is 4.90 Å². The summed E-state index contributed by atoms with van der Waals surface area (Å²) in [6.07, 6.45) is 2.74. The van der Waals surface area contributed by atoms with Crippen LogP contribution >= 0.6 is 0 Å². The summed E-state index contributed by atoms with van der Waals surface area (Å²) in [4.78, 5) is 23.6. The van der Waals surface area contributed by atoms with Gasteiger partial charge in [-0.05, 0) is 13.8 Å². The van der Waals surface area contributed by atoms with Gasteiger partial charge in [-0.2, -0.15) is 0 Å². The van der Waals surface area contributed by atoms with Gasteiger partial charge in [0, 0.05) is 12.2 Å². The Morgan fingerprint density at radius 1 is 0.818 bits per heavy atom. The van der Waals surface area contributed by atoms with Crippen LogP contribution in [0.4, 0.5) is 0 Å². The highest BCUT2D eigenvalue weighted by molar-refractivity contribution is 6.12. The fourth-order valence-electron chi connectivity index (χ4n) is 1.69. The average Bonchev–Trinajstić information content (AvgIpc) is 2.79. The van der Waals surface area contributed by atoms with Crippen molar-refractivity contribution in [1.29, 1.82) is 0 Å². The van der Waals surface area contributed by atoms with Gasteiger partial charge in [0.2, 0.25) is 0 Å². The van der Waals surface area contributed by atoms with Gasteiger partial charge >= 0.3 is 0 Å². The van der Waals surface area contributed by atoms with E-state index in [1.54, 1.807) is 0 Å². The third-order valence-electron chi connectivity index (χ3n) is 2.78. The number of rotatable bonds is 13. The fourth-order valence-corrected chi connectivity index (χ4v) is 1.69. The maximum Gasteiger partial charge on any atom is 0.253 e. The average molecular weight is 315 g/mol. The fraction of sp³-hybridized carbons (Fsp3) is 0.733. The zero-order chi connectivity index (χ0) is 16.2. The number of amides is 2. The standard InChI is InChI=1S/C15H25NO6/c1-13(2)22-12-11-21-10-9-20-8-7-19-6-5-16-14(17)3-4-15(16)18/h3-4,13H,5-12H2,1-2H3. The topological polar surface area (TPSA) is 74.3 Å². The maximum atomic E-state index is 11.3. The molecule has 1 rings (SSSR count). The molecular formula is C15H25NO6. The monoisotopic (exact) mass is 315 g/mol. The molecule has 2 amide bonds. The Kier molecular flexibility index (Phi) is 9.65. The minimum atomic E-state index is -0.288. The molecule has 0 aromatic heterocycles. The molecule has 0 aromatic rings. The molecule has 0 unspecified atom stereocenters. The van der Waals surface area contributed by atoms with Crippen molar-refractivity contribution in [2.75, 3.05) is 52.8 Å². The van der Waals surface area contributed by atoms with Crippen LogP contribution in [0.15, 0.2) is 12.2 Å². The van der Waals surface area contributed by atoms with Gasteiger partial charge < -0.3 is 18.9 Å². The summed E-state index contributed by atoms with van der Waals surface area (Å²) in [5, 5.41) is 0. The Labute approximate surface area is 131 Å². The summed E-state index contributed by atoms with van der Waals surface area (Å²) >= 11 is 0. The van der Waals surface area contributed by atoms with E-state index < -0.39 is 0 Å². The molecule has 0 fully saturated rings. The Morgan fingerprint density at radius 3 is 1.77 bits per heavy atom. The van der Waals surface area contributed by atoms with Crippen LogP contribution in [0.3, 0.4) is 0 Å². The molecule has 0 saturated carbocycles. The van der Waals surface area contributed by atoms with Crippen molar-refractivity contribution in [3.05, 3.63) is 12.2 Å². The van der Waals surface area contributed by atoms with Crippen LogP contribution < -0.4 is 0 Å². The van der Waals surface area contributed by atoms with Gasteiger partial charge in [0.25, 0.3) is 11.8 Å². The van der Waals surface area contributed by atoms with E-state index in [4.69, 9.17) is 18.9 Å². The number of hydrogen-bond donors (Lipinski definition) is 0. The lowest BCUT2D eigenvalue weighted by atomic mass is 10.5. The number of hydrogen-bond acceptors (Lipinski definition) is 6. The van der Waals surface area contributed by atoms with Crippen molar-refractivity contribution in [2.24, 2.45) is 0 Å². The van der Waals surface area contributed by atoms with E-state index in [9.17, 15) is 9.59 Å². The van der Waals surface area contributed by atoms with E-state index in [1.807, 2.05) is 13.8 Å². The SMILES string of the molecule is CC(C)OCCOCCOCCOCCN1C(=O)C=CC1=O. The Morgan fingerprint density at radius 2 is 1.27 bits per heavy atom. The number of carbonyl (C=O) groups is 2. The van der Waals surface area contributed by atoms with Crippen molar-refractivity contribution >= 4 is 11.8 Å². The quantitative estimate of drug-likeness (QED) is 0.361. The van der Waals surface area contributed by atoms with E-state index in [0.29, 0.717) is 46.2 Å². The molecule has 0 atom stereocenters. The van der Waals surface area contributed by atoms with Gasteiger partial charge in [0.15, 0.2) is 0 Å². The molecule has 0 spiro atoms. The molecular weight excluding hydrogens is 290 g/mol. The highest BCUT2D eigenvalue weighted by atomic mass is 16.6. The van der Waals surface area contributed by atoms with Gasteiger partial charge in [-0.1, -0.05) is 0 Å². The van der Waals surface area contributed by atoms with Crippen molar-refractivity contribution in [1.82, 2.24) is 4.90 Å². The van der Waals surface area contributed by atoms with Gasteiger partial charge in [-0.3, -0.25) is 14.5 Å². The van der Waals surface area contributed by atoms with Crippen LogP contribution in [0.2, 0.25) is 0 Å². The van der Waals surface area contributed by atoms with Crippen LogP contribution in [-0.2, 0) is 28.5 Å². The Bertz CT molecular complexity index is 351. The smallest absolute Gasteiger partial charge is 0.253 e. The van der Waals surface area contributed by atoms with Crippen LogP contribution in [0.1, 0.15) is 13.8 Å². The highest BCUT2D eigenvalue weighted by Gasteiger charge is 2.22. The molecule has 1 aliphatic heterocycles. The first-order valence-electron chi connectivity index (χ1n) is 7.49. The molecule has 7 heteroatoms. The van der Waals surface area contributed by atoms with Crippen LogP contribution in [0.25, 0.3) is 0 Å². The predicted molar refractivity (Wildman–Crippen MR) is 79.4 cm³/mol. The van der Waals surface area contributed by atoms with Crippen LogP contribution in [0, 0.1) is 0 Å². The number of carbonyl (C=O) groups excluding carboxylic acids is 2. The minimum absolute atomic E-state index is 0.221. The van der Waals surface area contributed by atoms with Gasteiger partial charge in [-0.15, -0.1) is 0 Å². The summed E-state index contributed by atoms with van der Waals surface area (Å²) in [5.74, 6) is -0.577.